The van der Waals surface area contributed by atoms with Crippen LogP contribution in [0.15, 0.2) is 0 Å². The molecule has 0 saturated carbocycles. The van der Waals surface area contributed by atoms with E-state index in [2.05, 4.69) is 9.47 Å². The van der Waals surface area contributed by atoms with Crippen LogP contribution in [-0.4, -0.2) is 50.6 Å². The SMILES string of the molecule is CCOC(=O)[C@@](NC(C)=O)([NH2+]CCOC)C(F)(F)F. The van der Waals surface area contributed by atoms with Crippen LogP contribution in [0, 0.1) is 0 Å². The first kappa shape index (κ1) is 17.6. The maximum Gasteiger partial charge on any atom is 0.478 e. The van der Waals surface area contributed by atoms with Crippen molar-refractivity contribution in [1.82, 2.24) is 5.32 Å². The molecule has 0 aromatic heterocycles. The molecule has 0 aromatic carbocycles. The molecule has 0 aliphatic carbocycles. The molecule has 19 heavy (non-hydrogen) atoms. The standard InChI is InChI=1S/C10H17F3N2O4/c1-4-19-8(17)9(10(11,12)13,15-7(2)16)14-5-6-18-3/h14H,4-6H2,1-3H3,(H,15,16)/p+1/t9-/m0/s1. The number of rotatable bonds is 7. The minimum atomic E-state index is -5.00. The van der Waals surface area contributed by atoms with Gasteiger partial charge in [-0.05, 0) is 6.92 Å². The van der Waals surface area contributed by atoms with Crippen molar-refractivity contribution in [1.29, 1.82) is 0 Å². The Labute approximate surface area is 108 Å². The lowest BCUT2D eigenvalue weighted by atomic mass is 10.1. The van der Waals surface area contributed by atoms with Crippen molar-refractivity contribution in [3.8, 4) is 0 Å². The van der Waals surface area contributed by atoms with E-state index >= 15 is 0 Å². The summed E-state index contributed by atoms with van der Waals surface area (Å²) in [6.07, 6.45) is -5.00. The van der Waals surface area contributed by atoms with E-state index < -0.39 is 23.7 Å². The molecule has 0 aliphatic heterocycles. The van der Waals surface area contributed by atoms with E-state index in [-0.39, 0.29) is 19.8 Å². The Morgan fingerprint density at radius 2 is 1.89 bits per heavy atom. The maximum absolute atomic E-state index is 13.1. The molecule has 0 bridgehead atoms. The van der Waals surface area contributed by atoms with E-state index in [4.69, 9.17) is 0 Å². The van der Waals surface area contributed by atoms with Gasteiger partial charge in [-0.15, -0.1) is 0 Å². The number of alkyl halides is 3. The Morgan fingerprint density at radius 1 is 1.32 bits per heavy atom. The van der Waals surface area contributed by atoms with Gasteiger partial charge in [-0.25, -0.2) is 4.79 Å². The number of carbonyl (C=O) groups excluding carboxylic acids is 2. The van der Waals surface area contributed by atoms with E-state index in [9.17, 15) is 22.8 Å². The Bertz CT molecular complexity index is 322. The summed E-state index contributed by atoms with van der Waals surface area (Å²) in [5.74, 6) is -2.55. The van der Waals surface area contributed by atoms with Gasteiger partial charge in [0, 0.05) is 14.0 Å². The summed E-state index contributed by atoms with van der Waals surface area (Å²) >= 11 is 0. The van der Waals surface area contributed by atoms with Gasteiger partial charge in [0.25, 0.3) is 0 Å². The molecule has 0 aromatic rings. The molecular formula is C10H18F3N2O4+. The average Bonchev–Trinajstić information content (AvgIpc) is 2.26. The molecule has 1 amide bonds. The lowest BCUT2D eigenvalue weighted by Gasteiger charge is -2.30. The van der Waals surface area contributed by atoms with Crippen LogP contribution >= 0.6 is 0 Å². The highest BCUT2D eigenvalue weighted by molar-refractivity contribution is 5.86. The zero-order chi connectivity index (χ0) is 15.1. The molecular weight excluding hydrogens is 269 g/mol. The molecule has 1 atom stereocenters. The molecule has 112 valence electrons. The minimum absolute atomic E-state index is 0.0170. The van der Waals surface area contributed by atoms with E-state index in [1.54, 1.807) is 5.32 Å². The van der Waals surface area contributed by atoms with Crippen LogP contribution in [0.2, 0.25) is 0 Å². The summed E-state index contributed by atoms with van der Waals surface area (Å²) in [6, 6.07) is 0. The summed E-state index contributed by atoms with van der Waals surface area (Å²) in [4.78, 5) is 22.6. The third-order valence-corrected chi connectivity index (χ3v) is 2.19. The van der Waals surface area contributed by atoms with Crippen molar-refractivity contribution in [2.75, 3.05) is 26.9 Å². The number of hydrogen-bond donors (Lipinski definition) is 2. The number of quaternary nitrogens is 1. The van der Waals surface area contributed by atoms with Gasteiger partial charge >= 0.3 is 17.8 Å². The van der Waals surface area contributed by atoms with Gasteiger partial charge in [0.1, 0.15) is 6.54 Å². The number of esters is 1. The van der Waals surface area contributed by atoms with E-state index in [1.165, 1.54) is 14.0 Å². The second-order valence-corrected chi connectivity index (χ2v) is 3.69. The second-order valence-electron chi connectivity index (χ2n) is 3.69. The average molecular weight is 287 g/mol. The minimum Gasteiger partial charge on any atom is -0.460 e. The van der Waals surface area contributed by atoms with Gasteiger partial charge in [0.15, 0.2) is 0 Å². The van der Waals surface area contributed by atoms with Crippen LogP contribution in [0.1, 0.15) is 13.8 Å². The largest absolute Gasteiger partial charge is 0.478 e. The lowest BCUT2D eigenvalue weighted by molar-refractivity contribution is -0.744. The summed E-state index contributed by atoms with van der Waals surface area (Å²) < 4.78 is 48.5. The second kappa shape index (κ2) is 7.29. The molecule has 6 nitrogen and oxygen atoms in total. The monoisotopic (exact) mass is 287 g/mol. The molecule has 3 N–H and O–H groups in total. The van der Waals surface area contributed by atoms with Crippen molar-refractivity contribution >= 4 is 11.9 Å². The fraction of sp³-hybridized carbons (Fsp3) is 0.800. The van der Waals surface area contributed by atoms with Gasteiger partial charge in [0.2, 0.25) is 5.91 Å². The zero-order valence-corrected chi connectivity index (χ0v) is 11.0. The van der Waals surface area contributed by atoms with Gasteiger partial charge in [-0.1, -0.05) is 0 Å². The summed E-state index contributed by atoms with van der Waals surface area (Å²) in [5, 5.41) is 2.28. The summed E-state index contributed by atoms with van der Waals surface area (Å²) in [6.45, 7) is 1.85. The van der Waals surface area contributed by atoms with Crippen molar-refractivity contribution in [3.05, 3.63) is 0 Å². The normalized spacial score (nSPS) is 14.6. The van der Waals surface area contributed by atoms with E-state index in [1.807, 2.05) is 0 Å². The Morgan fingerprint density at radius 3 is 2.26 bits per heavy atom. The fourth-order valence-electron chi connectivity index (χ4n) is 1.40. The highest BCUT2D eigenvalue weighted by atomic mass is 19.4. The smallest absolute Gasteiger partial charge is 0.460 e. The molecule has 0 unspecified atom stereocenters. The van der Waals surface area contributed by atoms with Crippen LogP contribution in [0.3, 0.4) is 0 Å². The lowest BCUT2D eigenvalue weighted by Crippen LogP contribution is -3.07. The maximum atomic E-state index is 13.1. The summed E-state index contributed by atoms with van der Waals surface area (Å²) in [7, 11) is 1.31. The first-order valence-electron chi connectivity index (χ1n) is 5.57. The van der Waals surface area contributed by atoms with Crippen molar-refractivity contribution in [3.63, 3.8) is 0 Å². The molecule has 0 spiro atoms. The number of carbonyl (C=O) groups is 2. The Balaban J connectivity index is 5.32. The van der Waals surface area contributed by atoms with Crippen molar-refractivity contribution in [2.24, 2.45) is 0 Å². The fourth-order valence-corrected chi connectivity index (χ4v) is 1.40. The molecule has 0 aliphatic rings. The molecule has 9 heteroatoms. The van der Waals surface area contributed by atoms with Crippen LogP contribution < -0.4 is 10.6 Å². The Kier molecular flexibility index (Phi) is 6.77. The Hall–Kier alpha value is -1.35. The molecule has 0 rings (SSSR count). The molecule has 0 saturated heterocycles. The zero-order valence-electron chi connectivity index (χ0n) is 11.0. The first-order valence-corrected chi connectivity index (χ1v) is 5.57. The van der Waals surface area contributed by atoms with Gasteiger partial charge in [-0.3, -0.25) is 10.1 Å². The summed E-state index contributed by atoms with van der Waals surface area (Å²) in [5.41, 5.74) is -3.15. The van der Waals surface area contributed by atoms with Crippen molar-refractivity contribution < 1.29 is 37.6 Å². The quantitative estimate of drug-likeness (QED) is 0.363. The molecule has 0 heterocycles. The molecule has 0 radical (unpaired) electrons. The number of amides is 1. The van der Waals surface area contributed by atoms with Crippen LogP contribution in [0.25, 0.3) is 0 Å². The molecule has 0 fully saturated rings. The van der Waals surface area contributed by atoms with Gasteiger partial charge < -0.3 is 14.8 Å². The number of methoxy groups -OCH3 is 1. The van der Waals surface area contributed by atoms with Crippen LogP contribution in [0.4, 0.5) is 13.2 Å². The number of ether oxygens (including phenoxy) is 2. The van der Waals surface area contributed by atoms with Crippen LogP contribution in [-0.2, 0) is 19.1 Å². The highest BCUT2D eigenvalue weighted by Crippen LogP contribution is 2.26. The highest BCUT2D eigenvalue weighted by Gasteiger charge is 2.67. The van der Waals surface area contributed by atoms with Crippen LogP contribution in [0.5, 0.6) is 0 Å². The number of nitrogens with one attached hydrogen (secondary N) is 1. The first-order chi connectivity index (χ1) is 8.71. The van der Waals surface area contributed by atoms with Gasteiger partial charge in [-0.2, -0.15) is 13.2 Å². The third kappa shape index (κ3) is 4.67. The third-order valence-electron chi connectivity index (χ3n) is 2.19. The number of hydrogen-bond acceptors (Lipinski definition) is 4. The number of nitrogens with two attached hydrogens (primary N) is 1. The van der Waals surface area contributed by atoms with E-state index in [0.717, 1.165) is 6.92 Å². The van der Waals surface area contributed by atoms with E-state index in [0.29, 0.717) is 5.32 Å². The van der Waals surface area contributed by atoms with Crippen molar-refractivity contribution in [2.45, 2.75) is 25.7 Å². The predicted molar refractivity (Wildman–Crippen MR) is 57.9 cm³/mol. The number of halogens is 3. The van der Waals surface area contributed by atoms with Gasteiger partial charge in [0.05, 0.1) is 13.2 Å². The predicted octanol–water partition coefficient (Wildman–Crippen LogP) is -0.846. The topological polar surface area (TPSA) is 81.2 Å².